The summed E-state index contributed by atoms with van der Waals surface area (Å²) in [6.07, 6.45) is 2.33. The highest BCUT2D eigenvalue weighted by atomic mass is 16.6. The van der Waals surface area contributed by atoms with Crippen molar-refractivity contribution < 1.29 is 19.1 Å². The van der Waals surface area contributed by atoms with Gasteiger partial charge in [-0.1, -0.05) is 12.1 Å². The highest BCUT2D eigenvalue weighted by Crippen LogP contribution is 2.34. The lowest BCUT2D eigenvalue weighted by Crippen LogP contribution is -2.54. The zero-order valence-electron chi connectivity index (χ0n) is 16.7. The summed E-state index contributed by atoms with van der Waals surface area (Å²) < 4.78 is 10.7. The number of alkyl carbamates (subject to hydrolysis) is 1. The number of rotatable bonds is 5. The fourth-order valence-corrected chi connectivity index (χ4v) is 3.52. The van der Waals surface area contributed by atoms with E-state index in [0.717, 1.165) is 17.9 Å². The zero-order chi connectivity index (χ0) is 19.6. The molecular formula is C21H30N2O4. The predicted octanol–water partition coefficient (Wildman–Crippen LogP) is 3.31. The van der Waals surface area contributed by atoms with E-state index in [9.17, 15) is 9.59 Å². The second-order valence-corrected chi connectivity index (χ2v) is 8.58. The molecule has 1 aliphatic heterocycles. The van der Waals surface area contributed by atoms with E-state index in [4.69, 9.17) is 9.47 Å². The first-order valence-corrected chi connectivity index (χ1v) is 9.66. The quantitative estimate of drug-likeness (QED) is 0.859. The number of carbonyl (C=O) groups is 2. The molecule has 1 unspecified atom stereocenters. The molecule has 3 rings (SSSR count). The first-order chi connectivity index (χ1) is 12.7. The number of nitrogens with one attached hydrogen (secondary N) is 1. The van der Waals surface area contributed by atoms with Crippen molar-refractivity contribution in [2.24, 2.45) is 5.92 Å². The molecule has 6 nitrogen and oxygen atoms in total. The van der Waals surface area contributed by atoms with E-state index in [1.54, 1.807) is 7.11 Å². The van der Waals surface area contributed by atoms with Crippen molar-refractivity contribution in [2.75, 3.05) is 20.2 Å². The Bertz CT molecular complexity index is 676. The van der Waals surface area contributed by atoms with Crippen LogP contribution < -0.4 is 10.1 Å². The maximum absolute atomic E-state index is 12.7. The number of piperidine rings is 1. The molecule has 148 valence electrons. The first kappa shape index (κ1) is 19.5. The average Bonchev–Trinajstić information content (AvgIpc) is 3.40. The molecule has 6 heteroatoms. The summed E-state index contributed by atoms with van der Waals surface area (Å²) in [6.45, 7) is 6.85. The second kappa shape index (κ2) is 7.79. The van der Waals surface area contributed by atoms with Crippen LogP contribution in [0, 0.1) is 5.92 Å². The summed E-state index contributed by atoms with van der Waals surface area (Å²) in [5.74, 6) is 1.47. The fourth-order valence-electron chi connectivity index (χ4n) is 3.52. The number of methoxy groups -OCH3 is 1. The smallest absolute Gasteiger partial charge is 0.407 e. The molecule has 1 aromatic carbocycles. The molecule has 1 saturated carbocycles. The van der Waals surface area contributed by atoms with Crippen molar-refractivity contribution in [3.63, 3.8) is 0 Å². The van der Waals surface area contributed by atoms with Crippen LogP contribution >= 0.6 is 0 Å². The van der Waals surface area contributed by atoms with E-state index >= 15 is 0 Å². The number of nitrogens with zero attached hydrogens (tertiary/aromatic N) is 1. The number of hydrogen-bond acceptors (Lipinski definition) is 4. The van der Waals surface area contributed by atoms with Crippen LogP contribution in [0.15, 0.2) is 24.3 Å². The van der Waals surface area contributed by atoms with Crippen LogP contribution in [0.5, 0.6) is 5.75 Å². The van der Waals surface area contributed by atoms with Crippen molar-refractivity contribution in [3.05, 3.63) is 29.8 Å². The van der Waals surface area contributed by atoms with Crippen LogP contribution in [0.2, 0.25) is 0 Å². The van der Waals surface area contributed by atoms with Crippen LogP contribution in [0.3, 0.4) is 0 Å². The van der Waals surface area contributed by atoms with Gasteiger partial charge in [-0.15, -0.1) is 0 Å². The van der Waals surface area contributed by atoms with Crippen LogP contribution in [0.1, 0.15) is 51.5 Å². The van der Waals surface area contributed by atoms with E-state index in [0.29, 0.717) is 18.9 Å². The summed E-state index contributed by atoms with van der Waals surface area (Å²) >= 11 is 0. The Morgan fingerprint density at radius 1 is 1.22 bits per heavy atom. The van der Waals surface area contributed by atoms with E-state index in [1.807, 2.05) is 49.9 Å². The van der Waals surface area contributed by atoms with Gasteiger partial charge in [0.1, 0.15) is 11.4 Å². The largest absolute Gasteiger partial charge is 0.497 e. The molecule has 0 radical (unpaired) electrons. The maximum Gasteiger partial charge on any atom is 0.407 e. The van der Waals surface area contributed by atoms with E-state index in [-0.39, 0.29) is 17.9 Å². The first-order valence-electron chi connectivity index (χ1n) is 9.66. The number of amides is 2. The Balaban J connectivity index is 1.76. The summed E-state index contributed by atoms with van der Waals surface area (Å²) in [5, 5.41) is 3.01. The number of carbonyl (C=O) groups excluding carboxylic acids is 2. The molecule has 1 N–H and O–H groups in total. The Kier molecular flexibility index (Phi) is 5.63. The lowest BCUT2D eigenvalue weighted by molar-refractivity contribution is -0.135. The van der Waals surface area contributed by atoms with Crippen LogP contribution in [0.4, 0.5) is 4.79 Å². The van der Waals surface area contributed by atoms with Crippen molar-refractivity contribution in [1.29, 1.82) is 0 Å². The molecule has 27 heavy (non-hydrogen) atoms. The van der Waals surface area contributed by atoms with Crippen LogP contribution in [-0.4, -0.2) is 48.7 Å². The van der Waals surface area contributed by atoms with Crippen LogP contribution in [-0.2, 0) is 9.53 Å². The zero-order valence-corrected chi connectivity index (χ0v) is 16.7. The van der Waals surface area contributed by atoms with Gasteiger partial charge in [0, 0.05) is 25.4 Å². The number of likely N-dealkylation sites (tertiary alicyclic amines) is 1. The Morgan fingerprint density at radius 2 is 1.89 bits per heavy atom. The number of ether oxygens (including phenoxy) is 2. The Labute approximate surface area is 161 Å². The Hall–Kier alpha value is -2.24. The number of benzene rings is 1. The minimum atomic E-state index is -0.558. The molecule has 1 saturated heterocycles. The molecule has 1 aromatic rings. The van der Waals surface area contributed by atoms with E-state index in [2.05, 4.69) is 5.32 Å². The number of hydrogen-bond donors (Lipinski definition) is 1. The molecular weight excluding hydrogens is 344 g/mol. The summed E-state index contributed by atoms with van der Waals surface area (Å²) in [7, 11) is 1.63. The van der Waals surface area contributed by atoms with E-state index in [1.165, 1.54) is 12.8 Å². The van der Waals surface area contributed by atoms with Crippen LogP contribution in [0.25, 0.3) is 0 Å². The highest BCUT2D eigenvalue weighted by molar-refractivity contribution is 5.79. The molecule has 0 bridgehead atoms. The van der Waals surface area contributed by atoms with E-state index < -0.39 is 11.7 Å². The molecule has 2 atom stereocenters. The third-order valence-electron chi connectivity index (χ3n) is 5.07. The Morgan fingerprint density at radius 3 is 2.44 bits per heavy atom. The summed E-state index contributed by atoms with van der Waals surface area (Å²) in [5.41, 5.74) is 0.467. The molecule has 0 aromatic heterocycles. The van der Waals surface area contributed by atoms with Gasteiger partial charge in [0.2, 0.25) is 5.91 Å². The molecule has 2 aliphatic rings. The highest BCUT2D eigenvalue weighted by Gasteiger charge is 2.38. The lowest BCUT2D eigenvalue weighted by atomic mass is 9.84. The third kappa shape index (κ3) is 5.37. The average molecular weight is 374 g/mol. The van der Waals surface area contributed by atoms with Gasteiger partial charge < -0.3 is 19.7 Å². The van der Waals surface area contributed by atoms with Gasteiger partial charge in [0.25, 0.3) is 0 Å². The van der Waals surface area contributed by atoms with Gasteiger partial charge >= 0.3 is 6.09 Å². The standard InChI is InChI=1S/C21H30N2O4/c1-21(2,3)27-20(25)22-18-13-23(12-14-5-6-14)19(24)11-17(18)15-7-9-16(26-4)10-8-15/h7-10,14,17-18H,5-6,11-13H2,1-4H3,(H,22,25)/t17-,18?/m0/s1. The topological polar surface area (TPSA) is 67.9 Å². The second-order valence-electron chi connectivity index (χ2n) is 8.58. The predicted molar refractivity (Wildman–Crippen MR) is 103 cm³/mol. The van der Waals surface area contributed by atoms with Gasteiger partial charge in [-0.05, 0) is 57.2 Å². The van der Waals surface area contributed by atoms with Gasteiger partial charge in [0.05, 0.1) is 13.2 Å². The van der Waals surface area contributed by atoms with Crippen molar-refractivity contribution in [3.8, 4) is 5.75 Å². The van der Waals surface area contributed by atoms with Crippen molar-refractivity contribution >= 4 is 12.0 Å². The normalized spacial score (nSPS) is 23.1. The molecule has 0 spiro atoms. The van der Waals surface area contributed by atoms with Gasteiger partial charge in [0.15, 0.2) is 0 Å². The van der Waals surface area contributed by atoms with Crippen molar-refractivity contribution in [1.82, 2.24) is 10.2 Å². The molecule has 2 fully saturated rings. The minimum absolute atomic E-state index is 0.0774. The van der Waals surface area contributed by atoms with Gasteiger partial charge in [-0.25, -0.2) is 4.79 Å². The molecule has 1 heterocycles. The monoisotopic (exact) mass is 374 g/mol. The van der Waals surface area contributed by atoms with Gasteiger partial charge in [-0.2, -0.15) is 0 Å². The van der Waals surface area contributed by atoms with Crippen molar-refractivity contribution in [2.45, 2.75) is 57.6 Å². The summed E-state index contributed by atoms with van der Waals surface area (Å²) in [6, 6.07) is 7.54. The molecule has 1 aliphatic carbocycles. The SMILES string of the molecule is COc1ccc([C@@H]2CC(=O)N(CC3CC3)CC2NC(=O)OC(C)(C)C)cc1. The third-order valence-corrected chi connectivity index (χ3v) is 5.07. The molecule has 2 amide bonds. The summed E-state index contributed by atoms with van der Waals surface area (Å²) in [4.78, 5) is 27.0. The minimum Gasteiger partial charge on any atom is -0.497 e. The lowest BCUT2D eigenvalue weighted by Gasteiger charge is -2.39. The maximum atomic E-state index is 12.7. The van der Waals surface area contributed by atoms with Gasteiger partial charge in [-0.3, -0.25) is 4.79 Å². The fraction of sp³-hybridized carbons (Fsp3) is 0.619.